The maximum atomic E-state index is 13.3. The fourth-order valence-corrected chi connectivity index (χ4v) is 3.81. The summed E-state index contributed by atoms with van der Waals surface area (Å²) in [4.78, 5) is 30.1. The normalized spacial score (nSPS) is 24.3. The van der Waals surface area contributed by atoms with Crippen LogP contribution in [0.5, 0.6) is 0 Å². The number of aryl methyl sites for hydroxylation is 1. The zero-order valence-corrected chi connectivity index (χ0v) is 14.8. The van der Waals surface area contributed by atoms with Crippen LogP contribution in [0.3, 0.4) is 0 Å². The molecule has 2 atom stereocenters. The van der Waals surface area contributed by atoms with E-state index in [4.69, 9.17) is 4.74 Å². The van der Waals surface area contributed by atoms with Crippen molar-refractivity contribution in [3.63, 3.8) is 0 Å². The molecule has 0 saturated carbocycles. The second-order valence-electron chi connectivity index (χ2n) is 6.83. The molecule has 2 fully saturated rings. The standard InChI is InChI=1S/C21H22N2O3/c1-15-7-9-17(10-8-15)23-20(24)18(16-5-3-2-4-6-16)19(21(23)25)22-11-13-26-14-12-22/h2-10,18-19H,11-14H2,1H3/t18-,19+/m0/s1. The lowest BCUT2D eigenvalue weighted by molar-refractivity contribution is -0.123. The van der Waals surface area contributed by atoms with Gasteiger partial charge >= 0.3 is 0 Å². The summed E-state index contributed by atoms with van der Waals surface area (Å²) in [6, 6.07) is 16.7. The molecule has 2 saturated heterocycles. The first kappa shape index (κ1) is 16.9. The van der Waals surface area contributed by atoms with Crippen LogP contribution in [0.2, 0.25) is 0 Å². The average molecular weight is 350 g/mol. The van der Waals surface area contributed by atoms with Crippen LogP contribution in [-0.4, -0.2) is 49.1 Å². The number of hydrogen-bond acceptors (Lipinski definition) is 4. The lowest BCUT2D eigenvalue weighted by Gasteiger charge is -2.33. The molecular formula is C21H22N2O3. The zero-order chi connectivity index (χ0) is 18.1. The molecule has 0 N–H and O–H groups in total. The summed E-state index contributed by atoms with van der Waals surface area (Å²) in [6.45, 7) is 4.48. The van der Waals surface area contributed by atoms with Gasteiger partial charge in [-0.2, -0.15) is 0 Å². The smallest absolute Gasteiger partial charge is 0.252 e. The Balaban J connectivity index is 1.75. The van der Waals surface area contributed by atoms with Crippen LogP contribution in [0.1, 0.15) is 17.0 Å². The van der Waals surface area contributed by atoms with Gasteiger partial charge in [-0.3, -0.25) is 14.5 Å². The average Bonchev–Trinajstić information content (AvgIpc) is 2.94. The lowest BCUT2D eigenvalue weighted by Crippen LogP contribution is -2.49. The van der Waals surface area contributed by atoms with Gasteiger partial charge < -0.3 is 4.74 Å². The summed E-state index contributed by atoms with van der Waals surface area (Å²) in [6.07, 6.45) is 0. The molecule has 2 amide bonds. The molecule has 0 unspecified atom stereocenters. The highest BCUT2D eigenvalue weighted by Gasteiger charge is 2.51. The van der Waals surface area contributed by atoms with Crippen molar-refractivity contribution in [2.45, 2.75) is 18.9 Å². The Morgan fingerprint density at radius 1 is 0.885 bits per heavy atom. The Hall–Kier alpha value is -2.50. The van der Waals surface area contributed by atoms with Crippen molar-refractivity contribution in [2.75, 3.05) is 31.2 Å². The van der Waals surface area contributed by atoms with E-state index < -0.39 is 12.0 Å². The van der Waals surface area contributed by atoms with E-state index in [1.807, 2.05) is 61.5 Å². The highest BCUT2D eigenvalue weighted by atomic mass is 16.5. The molecule has 2 aliphatic rings. The van der Waals surface area contributed by atoms with Gasteiger partial charge in [0.05, 0.1) is 24.8 Å². The highest BCUT2D eigenvalue weighted by Crippen LogP contribution is 2.36. The van der Waals surface area contributed by atoms with Gasteiger partial charge in [-0.25, -0.2) is 4.90 Å². The van der Waals surface area contributed by atoms with Gasteiger partial charge in [0.1, 0.15) is 6.04 Å². The first-order chi connectivity index (χ1) is 12.7. The van der Waals surface area contributed by atoms with E-state index in [-0.39, 0.29) is 11.8 Å². The van der Waals surface area contributed by atoms with Crippen molar-refractivity contribution in [3.8, 4) is 0 Å². The lowest BCUT2D eigenvalue weighted by atomic mass is 9.92. The maximum absolute atomic E-state index is 13.3. The number of anilines is 1. The molecule has 26 heavy (non-hydrogen) atoms. The molecule has 2 aromatic carbocycles. The number of morpholine rings is 1. The van der Waals surface area contributed by atoms with Crippen LogP contribution >= 0.6 is 0 Å². The first-order valence-electron chi connectivity index (χ1n) is 8.98. The van der Waals surface area contributed by atoms with Gasteiger partial charge in [0, 0.05) is 13.1 Å². The second-order valence-corrected chi connectivity index (χ2v) is 6.83. The van der Waals surface area contributed by atoms with Crippen molar-refractivity contribution >= 4 is 17.5 Å². The molecule has 134 valence electrons. The summed E-state index contributed by atoms with van der Waals surface area (Å²) >= 11 is 0. The van der Waals surface area contributed by atoms with Crippen molar-refractivity contribution < 1.29 is 14.3 Å². The van der Waals surface area contributed by atoms with Gasteiger partial charge in [0.15, 0.2) is 0 Å². The van der Waals surface area contributed by atoms with Crippen molar-refractivity contribution in [1.82, 2.24) is 4.90 Å². The SMILES string of the molecule is Cc1ccc(N2C(=O)[C@@H](c3ccccc3)[C@@H](N3CCOCC3)C2=O)cc1. The number of carbonyl (C=O) groups is 2. The minimum Gasteiger partial charge on any atom is -0.379 e. The molecule has 0 aliphatic carbocycles. The van der Waals surface area contributed by atoms with Crippen LogP contribution in [-0.2, 0) is 14.3 Å². The van der Waals surface area contributed by atoms with Gasteiger partial charge in [0.2, 0.25) is 5.91 Å². The Bertz CT molecular complexity index is 798. The topological polar surface area (TPSA) is 49.9 Å². The van der Waals surface area contributed by atoms with Gasteiger partial charge in [-0.1, -0.05) is 48.0 Å². The predicted molar refractivity (Wildman–Crippen MR) is 99.0 cm³/mol. The Kier molecular flexibility index (Phi) is 4.57. The highest BCUT2D eigenvalue weighted by molar-refractivity contribution is 6.25. The molecular weight excluding hydrogens is 328 g/mol. The van der Waals surface area contributed by atoms with E-state index in [2.05, 4.69) is 4.90 Å². The van der Waals surface area contributed by atoms with E-state index in [1.165, 1.54) is 4.90 Å². The number of imide groups is 1. The number of carbonyl (C=O) groups excluding carboxylic acids is 2. The number of nitrogens with zero attached hydrogens (tertiary/aromatic N) is 2. The van der Waals surface area contributed by atoms with Crippen LogP contribution in [0.15, 0.2) is 54.6 Å². The molecule has 2 aliphatic heterocycles. The van der Waals surface area contributed by atoms with Gasteiger partial charge in [-0.15, -0.1) is 0 Å². The molecule has 0 bridgehead atoms. The first-order valence-corrected chi connectivity index (χ1v) is 8.98. The number of hydrogen-bond donors (Lipinski definition) is 0. The molecule has 0 radical (unpaired) electrons. The molecule has 4 rings (SSSR count). The van der Waals surface area contributed by atoms with E-state index in [9.17, 15) is 9.59 Å². The molecule has 2 heterocycles. The molecule has 0 spiro atoms. The maximum Gasteiger partial charge on any atom is 0.252 e. The van der Waals surface area contributed by atoms with Crippen LogP contribution in [0.4, 0.5) is 5.69 Å². The zero-order valence-electron chi connectivity index (χ0n) is 14.8. The number of rotatable bonds is 3. The van der Waals surface area contributed by atoms with Crippen molar-refractivity contribution in [3.05, 3.63) is 65.7 Å². The third kappa shape index (κ3) is 2.93. The van der Waals surface area contributed by atoms with Crippen molar-refractivity contribution in [2.24, 2.45) is 0 Å². The van der Waals surface area contributed by atoms with E-state index in [0.717, 1.165) is 11.1 Å². The molecule has 5 heteroatoms. The largest absolute Gasteiger partial charge is 0.379 e. The molecule has 5 nitrogen and oxygen atoms in total. The minimum atomic E-state index is -0.483. The third-order valence-corrected chi connectivity index (χ3v) is 5.17. The van der Waals surface area contributed by atoms with Gasteiger partial charge in [-0.05, 0) is 24.6 Å². The van der Waals surface area contributed by atoms with E-state index in [0.29, 0.717) is 32.0 Å². The summed E-state index contributed by atoms with van der Waals surface area (Å²) in [5.74, 6) is -0.778. The number of amides is 2. The quantitative estimate of drug-likeness (QED) is 0.798. The predicted octanol–water partition coefficient (Wildman–Crippen LogP) is 2.35. The summed E-state index contributed by atoms with van der Waals surface area (Å²) in [7, 11) is 0. The Morgan fingerprint density at radius 2 is 1.54 bits per heavy atom. The fraction of sp³-hybridized carbons (Fsp3) is 0.333. The third-order valence-electron chi connectivity index (χ3n) is 5.17. The number of benzene rings is 2. The fourth-order valence-electron chi connectivity index (χ4n) is 3.81. The summed E-state index contributed by atoms with van der Waals surface area (Å²) in [5.41, 5.74) is 2.62. The van der Waals surface area contributed by atoms with Crippen LogP contribution < -0.4 is 4.90 Å². The van der Waals surface area contributed by atoms with Crippen LogP contribution in [0.25, 0.3) is 0 Å². The Morgan fingerprint density at radius 3 is 2.19 bits per heavy atom. The minimum absolute atomic E-state index is 0.144. The van der Waals surface area contributed by atoms with Crippen molar-refractivity contribution in [1.29, 1.82) is 0 Å². The van der Waals surface area contributed by atoms with Crippen LogP contribution in [0, 0.1) is 6.92 Å². The monoisotopic (exact) mass is 350 g/mol. The van der Waals surface area contributed by atoms with Gasteiger partial charge in [0.25, 0.3) is 5.91 Å². The second kappa shape index (κ2) is 7.02. The summed E-state index contributed by atoms with van der Waals surface area (Å²) < 4.78 is 5.44. The summed E-state index contributed by atoms with van der Waals surface area (Å²) in [5, 5.41) is 0. The molecule has 0 aromatic heterocycles. The Labute approximate surface area is 153 Å². The molecule has 2 aromatic rings. The van der Waals surface area contributed by atoms with E-state index >= 15 is 0 Å². The number of ether oxygens (including phenoxy) is 1. The van der Waals surface area contributed by atoms with E-state index in [1.54, 1.807) is 0 Å².